The van der Waals surface area contributed by atoms with Gasteiger partial charge in [-0.1, -0.05) is 81.7 Å². The van der Waals surface area contributed by atoms with Crippen LogP contribution >= 0.6 is 0 Å². The maximum absolute atomic E-state index is 2.33. The average Bonchev–Trinajstić information content (AvgIpc) is 2.57. The molecule has 0 radical (unpaired) electrons. The summed E-state index contributed by atoms with van der Waals surface area (Å²) in [4.78, 5) is 0. The second-order valence-electron chi connectivity index (χ2n) is 7.56. The van der Waals surface area contributed by atoms with Gasteiger partial charge in [-0.3, -0.25) is 0 Å². The number of benzene rings is 1. The summed E-state index contributed by atoms with van der Waals surface area (Å²) in [5, 5.41) is 0. The summed E-state index contributed by atoms with van der Waals surface area (Å²) in [6, 6.07) is 11.2. The third kappa shape index (κ3) is 4.59. The number of hydrogen-bond acceptors (Lipinski definition) is 0. The highest BCUT2D eigenvalue weighted by atomic mass is 14.3. The highest BCUT2D eigenvalue weighted by Crippen LogP contribution is 2.38. The van der Waals surface area contributed by atoms with Crippen molar-refractivity contribution >= 4 is 0 Å². The quantitative estimate of drug-likeness (QED) is 0.563. The summed E-state index contributed by atoms with van der Waals surface area (Å²) >= 11 is 0. The van der Waals surface area contributed by atoms with Crippen molar-refractivity contribution in [2.45, 2.75) is 83.0 Å². The molecule has 0 heteroatoms. The minimum absolute atomic E-state index is 0.848. The fraction of sp³-hybridized carbons (Fsp3) is 0.714. The van der Waals surface area contributed by atoms with Gasteiger partial charge in [0.1, 0.15) is 0 Å². The molecule has 21 heavy (non-hydrogen) atoms. The Labute approximate surface area is 131 Å². The van der Waals surface area contributed by atoms with Gasteiger partial charge in [0.05, 0.1) is 0 Å². The fourth-order valence-electron chi connectivity index (χ4n) is 4.68. The van der Waals surface area contributed by atoms with E-state index in [1.54, 1.807) is 5.56 Å². The smallest absolute Gasteiger partial charge is 0.0162 e. The van der Waals surface area contributed by atoms with Crippen molar-refractivity contribution in [3.05, 3.63) is 35.9 Å². The van der Waals surface area contributed by atoms with Gasteiger partial charge in [0.2, 0.25) is 0 Å². The van der Waals surface area contributed by atoms with Crippen LogP contribution in [0.25, 0.3) is 0 Å². The summed E-state index contributed by atoms with van der Waals surface area (Å²) in [6.45, 7) is 0. The van der Waals surface area contributed by atoms with Crippen molar-refractivity contribution in [2.75, 3.05) is 0 Å². The molecule has 1 aromatic rings. The molecule has 0 N–H and O–H groups in total. The summed E-state index contributed by atoms with van der Waals surface area (Å²) in [5.74, 6) is 2.97. The highest BCUT2D eigenvalue weighted by molar-refractivity contribution is 5.19. The van der Waals surface area contributed by atoms with E-state index in [-0.39, 0.29) is 0 Å². The lowest BCUT2D eigenvalue weighted by Crippen LogP contribution is -2.14. The van der Waals surface area contributed by atoms with Gasteiger partial charge in [0, 0.05) is 0 Å². The lowest BCUT2D eigenvalue weighted by Gasteiger charge is -2.29. The van der Waals surface area contributed by atoms with Crippen LogP contribution in [0.15, 0.2) is 30.3 Å². The molecule has 2 aliphatic rings. The fourth-order valence-corrected chi connectivity index (χ4v) is 4.68. The Morgan fingerprint density at radius 1 is 0.667 bits per heavy atom. The zero-order valence-corrected chi connectivity index (χ0v) is 13.6. The van der Waals surface area contributed by atoms with Crippen molar-refractivity contribution in [3.63, 3.8) is 0 Å². The summed E-state index contributed by atoms with van der Waals surface area (Å²) in [5.41, 5.74) is 1.58. The molecule has 116 valence electrons. The van der Waals surface area contributed by atoms with E-state index in [0.717, 1.165) is 17.8 Å². The topological polar surface area (TPSA) is 0 Å². The minimum Gasteiger partial charge on any atom is -0.0622 e. The van der Waals surface area contributed by atoms with Gasteiger partial charge in [-0.25, -0.2) is 0 Å². The molecule has 0 heterocycles. The first-order chi connectivity index (χ1) is 10.4. The first kappa shape index (κ1) is 15.1. The first-order valence-electron chi connectivity index (χ1n) is 9.47. The van der Waals surface area contributed by atoms with E-state index < -0.39 is 0 Å². The third-order valence-corrected chi connectivity index (χ3v) is 6.07. The summed E-state index contributed by atoms with van der Waals surface area (Å²) in [6.07, 6.45) is 17.9. The summed E-state index contributed by atoms with van der Waals surface area (Å²) < 4.78 is 0. The maximum atomic E-state index is 2.33. The van der Waals surface area contributed by atoms with Crippen LogP contribution in [0.4, 0.5) is 0 Å². The van der Waals surface area contributed by atoms with E-state index in [2.05, 4.69) is 30.3 Å². The second kappa shape index (κ2) is 8.01. The molecule has 2 fully saturated rings. The molecule has 0 nitrogen and oxygen atoms in total. The van der Waals surface area contributed by atoms with Crippen molar-refractivity contribution in [1.29, 1.82) is 0 Å². The SMILES string of the molecule is c1ccc(C2CCC(CCCC3CCCCC3)CC2)cc1. The Bertz CT molecular complexity index is 380. The van der Waals surface area contributed by atoms with Gasteiger partial charge in [0.25, 0.3) is 0 Å². The van der Waals surface area contributed by atoms with Crippen LogP contribution in [0, 0.1) is 11.8 Å². The van der Waals surface area contributed by atoms with Crippen LogP contribution in [0.3, 0.4) is 0 Å². The van der Waals surface area contributed by atoms with Crippen LogP contribution in [0.5, 0.6) is 0 Å². The number of rotatable bonds is 5. The standard InChI is InChI=1S/C21H32/c1-3-8-18(9-4-1)10-7-11-19-14-16-21(17-15-19)20-12-5-2-6-13-20/h2,5-6,12-13,18-19,21H,1,3-4,7-11,14-17H2. The van der Waals surface area contributed by atoms with Crippen LogP contribution < -0.4 is 0 Å². The van der Waals surface area contributed by atoms with Gasteiger partial charge >= 0.3 is 0 Å². The Hall–Kier alpha value is -0.780. The summed E-state index contributed by atoms with van der Waals surface area (Å²) in [7, 11) is 0. The molecule has 0 aromatic heterocycles. The zero-order valence-electron chi connectivity index (χ0n) is 13.6. The molecule has 0 atom stereocenters. The van der Waals surface area contributed by atoms with E-state index >= 15 is 0 Å². The van der Waals surface area contributed by atoms with Crippen molar-refractivity contribution in [1.82, 2.24) is 0 Å². The Morgan fingerprint density at radius 3 is 1.95 bits per heavy atom. The third-order valence-electron chi connectivity index (χ3n) is 6.07. The molecular formula is C21H32. The molecule has 2 aliphatic carbocycles. The minimum atomic E-state index is 0.848. The molecule has 1 aromatic carbocycles. The van der Waals surface area contributed by atoms with Crippen LogP contribution in [-0.4, -0.2) is 0 Å². The van der Waals surface area contributed by atoms with E-state index in [9.17, 15) is 0 Å². The largest absolute Gasteiger partial charge is 0.0622 e. The highest BCUT2D eigenvalue weighted by Gasteiger charge is 2.22. The molecule has 0 unspecified atom stereocenters. The lowest BCUT2D eigenvalue weighted by atomic mass is 9.76. The molecule has 2 saturated carbocycles. The van der Waals surface area contributed by atoms with Gasteiger partial charge in [-0.15, -0.1) is 0 Å². The molecule has 3 rings (SSSR count). The van der Waals surface area contributed by atoms with Crippen molar-refractivity contribution in [3.8, 4) is 0 Å². The predicted molar refractivity (Wildman–Crippen MR) is 91.6 cm³/mol. The molecule has 0 spiro atoms. The number of hydrogen-bond donors (Lipinski definition) is 0. The maximum Gasteiger partial charge on any atom is -0.0162 e. The van der Waals surface area contributed by atoms with Crippen LogP contribution in [0.1, 0.15) is 88.5 Å². The average molecular weight is 284 g/mol. The van der Waals surface area contributed by atoms with Gasteiger partial charge in [-0.05, 0) is 49.0 Å². The normalized spacial score (nSPS) is 27.6. The molecular weight excluding hydrogens is 252 g/mol. The van der Waals surface area contributed by atoms with Crippen LogP contribution in [-0.2, 0) is 0 Å². The Balaban J connectivity index is 1.34. The molecule has 0 aliphatic heterocycles. The zero-order chi connectivity index (χ0) is 14.3. The van der Waals surface area contributed by atoms with E-state index in [4.69, 9.17) is 0 Å². The predicted octanol–water partition coefficient (Wildman–Crippen LogP) is 6.71. The first-order valence-corrected chi connectivity index (χ1v) is 9.47. The van der Waals surface area contributed by atoms with Crippen molar-refractivity contribution in [2.24, 2.45) is 11.8 Å². The van der Waals surface area contributed by atoms with E-state index in [1.165, 1.54) is 77.0 Å². The molecule has 0 saturated heterocycles. The monoisotopic (exact) mass is 284 g/mol. The second-order valence-corrected chi connectivity index (χ2v) is 7.56. The lowest BCUT2D eigenvalue weighted by molar-refractivity contribution is 0.278. The van der Waals surface area contributed by atoms with Gasteiger partial charge in [-0.2, -0.15) is 0 Å². The molecule has 0 amide bonds. The Kier molecular flexibility index (Phi) is 5.77. The van der Waals surface area contributed by atoms with Crippen LogP contribution in [0.2, 0.25) is 0 Å². The van der Waals surface area contributed by atoms with E-state index in [1.807, 2.05) is 0 Å². The van der Waals surface area contributed by atoms with E-state index in [0.29, 0.717) is 0 Å². The van der Waals surface area contributed by atoms with Crippen molar-refractivity contribution < 1.29 is 0 Å². The van der Waals surface area contributed by atoms with Gasteiger partial charge < -0.3 is 0 Å². The van der Waals surface area contributed by atoms with Gasteiger partial charge in [0.15, 0.2) is 0 Å². The Morgan fingerprint density at radius 2 is 1.29 bits per heavy atom. The molecule has 0 bridgehead atoms.